The first-order valence-electron chi connectivity index (χ1n) is 7.10. The van der Waals surface area contributed by atoms with E-state index in [1.807, 2.05) is 32.0 Å². The summed E-state index contributed by atoms with van der Waals surface area (Å²) in [4.78, 5) is 12.2. The quantitative estimate of drug-likeness (QED) is 0.913. The van der Waals surface area contributed by atoms with Crippen LogP contribution < -0.4 is 5.32 Å². The van der Waals surface area contributed by atoms with Crippen molar-refractivity contribution in [2.24, 2.45) is 0 Å². The predicted octanol–water partition coefficient (Wildman–Crippen LogP) is 3.74. The summed E-state index contributed by atoms with van der Waals surface area (Å²) in [6.45, 7) is 4.50. The van der Waals surface area contributed by atoms with Crippen LogP contribution in [-0.2, 0) is 11.3 Å². The molecule has 1 N–H and O–H groups in total. The lowest BCUT2D eigenvalue weighted by atomic mass is 10.1. The molecule has 1 amide bonds. The van der Waals surface area contributed by atoms with Gasteiger partial charge < -0.3 is 10.1 Å². The molecular formula is C18H18N2O2. The molecule has 4 nitrogen and oxygen atoms in total. The van der Waals surface area contributed by atoms with Gasteiger partial charge in [0.2, 0.25) is 0 Å². The van der Waals surface area contributed by atoms with Crippen molar-refractivity contribution in [3.05, 3.63) is 65.2 Å². The summed E-state index contributed by atoms with van der Waals surface area (Å²) in [6.07, 6.45) is 0.176. The molecule has 2 rings (SSSR count). The lowest BCUT2D eigenvalue weighted by Crippen LogP contribution is -2.12. The maximum absolute atomic E-state index is 12.2. The van der Waals surface area contributed by atoms with Gasteiger partial charge in [0.25, 0.3) is 5.91 Å². The number of hydrogen-bond donors (Lipinski definition) is 1. The van der Waals surface area contributed by atoms with Gasteiger partial charge in [-0.3, -0.25) is 4.79 Å². The van der Waals surface area contributed by atoms with Gasteiger partial charge in [-0.25, -0.2) is 0 Å². The Hall–Kier alpha value is -2.64. The molecule has 0 aliphatic rings. The molecule has 22 heavy (non-hydrogen) atoms. The first kappa shape index (κ1) is 15.7. The van der Waals surface area contributed by atoms with Crippen molar-refractivity contribution in [3.63, 3.8) is 0 Å². The van der Waals surface area contributed by atoms with Gasteiger partial charge in [0.1, 0.15) is 0 Å². The standard InChI is InChI=1S/C18H18N2O2/c1-13(2)22-12-14-6-8-16(9-7-14)18(21)20-17-5-3-4-15(10-17)11-19/h3-10,13H,12H2,1-2H3,(H,20,21). The summed E-state index contributed by atoms with van der Waals surface area (Å²) in [5, 5.41) is 11.6. The zero-order chi connectivity index (χ0) is 15.9. The summed E-state index contributed by atoms with van der Waals surface area (Å²) in [7, 11) is 0. The average molecular weight is 294 g/mol. The normalized spacial score (nSPS) is 10.3. The highest BCUT2D eigenvalue weighted by Crippen LogP contribution is 2.13. The van der Waals surface area contributed by atoms with E-state index in [0.29, 0.717) is 23.4 Å². The Morgan fingerprint density at radius 1 is 1.23 bits per heavy atom. The summed E-state index contributed by atoms with van der Waals surface area (Å²) in [5.74, 6) is -0.202. The van der Waals surface area contributed by atoms with Crippen LogP contribution in [-0.4, -0.2) is 12.0 Å². The Bertz CT molecular complexity index is 685. The van der Waals surface area contributed by atoms with E-state index in [4.69, 9.17) is 10.00 Å². The topological polar surface area (TPSA) is 62.1 Å². The molecule has 2 aromatic carbocycles. The van der Waals surface area contributed by atoms with Crippen LogP contribution in [0.15, 0.2) is 48.5 Å². The van der Waals surface area contributed by atoms with Crippen molar-refractivity contribution < 1.29 is 9.53 Å². The number of ether oxygens (including phenoxy) is 1. The van der Waals surface area contributed by atoms with Gasteiger partial charge in [-0.15, -0.1) is 0 Å². The molecule has 4 heteroatoms. The van der Waals surface area contributed by atoms with Gasteiger partial charge in [-0.1, -0.05) is 18.2 Å². The van der Waals surface area contributed by atoms with E-state index < -0.39 is 0 Å². The molecule has 0 unspecified atom stereocenters. The molecule has 2 aromatic rings. The van der Waals surface area contributed by atoms with Crippen LogP contribution in [0.25, 0.3) is 0 Å². The van der Waals surface area contributed by atoms with Gasteiger partial charge in [0.15, 0.2) is 0 Å². The fourth-order valence-corrected chi connectivity index (χ4v) is 1.88. The molecule has 0 aromatic heterocycles. The summed E-state index contributed by atoms with van der Waals surface area (Å²) in [6, 6.07) is 16.2. The number of anilines is 1. The third kappa shape index (κ3) is 4.44. The van der Waals surface area contributed by atoms with Crippen LogP contribution >= 0.6 is 0 Å². The Kier molecular flexibility index (Phi) is 5.29. The Morgan fingerprint density at radius 2 is 1.95 bits per heavy atom. The van der Waals surface area contributed by atoms with Gasteiger partial charge in [-0.2, -0.15) is 5.26 Å². The van der Waals surface area contributed by atoms with Crippen LogP contribution in [0.1, 0.15) is 35.3 Å². The van der Waals surface area contributed by atoms with E-state index in [0.717, 1.165) is 5.56 Å². The number of benzene rings is 2. The molecule has 0 radical (unpaired) electrons. The van der Waals surface area contributed by atoms with E-state index in [2.05, 4.69) is 5.32 Å². The fourth-order valence-electron chi connectivity index (χ4n) is 1.88. The molecule has 0 heterocycles. The van der Waals surface area contributed by atoms with E-state index in [-0.39, 0.29) is 12.0 Å². The van der Waals surface area contributed by atoms with Gasteiger partial charge in [-0.05, 0) is 49.7 Å². The number of nitrogens with one attached hydrogen (secondary N) is 1. The first-order valence-corrected chi connectivity index (χ1v) is 7.10. The number of amides is 1. The molecule has 0 aliphatic heterocycles. The summed E-state index contributed by atoms with van der Waals surface area (Å²) in [5.41, 5.74) is 2.71. The Balaban J connectivity index is 2.02. The molecule has 0 aliphatic carbocycles. The molecule has 112 valence electrons. The highest BCUT2D eigenvalue weighted by atomic mass is 16.5. The molecule has 0 fully saturated rings. The number of carbonyl (C=O) groups is 1. The Morgan fingerprint density at radius 3 is 2.59 bits per heavy atom. The minimum atomic E-state index is -0.202. The molecular weight excluding hydrogens is 276 g/mol. The van der Waals surface area contributed by atoms with Crippen molar-refractivity contribution in [2.75, 3.05) is 5.32 Å². The minimum absolute atomic E-state index is 0.176. The van der Waals surface area contributed by atoms with E-state index >= 15 is 0 Å². The molecule has 0 saturated heterocycles. The van der Waals surface area contributed by atoms with Crippen LogP contribution in [0.3, 0.4) is 0 Å². The molecule has 0 bridgehead atoms. The van der Waals surface area contributed by atoms with Crippen molar-refractivity contribution >= 4 is 11.6 Å². The second-order valence-electron chi connectivity index (χ2n) is 5.20. The van der Waals surface area contributed by atoms with Crippen LogP contribution in [0.2, 0.25) is 0 Å². The van der Waals surface area contributed by atoms with Crippen molar-refractivity contribution in [1.82, 2.24) is 0 Å². The van der Waals surface area contributed by atoms with E-state index in [9.17, 15) is 4.79 Å². The third-order valence-corrected chi connectivity index (χ3v) is 3.05. The fraction of sp³-hybridized carbons (Fsp3) is 0.222. The third-order valence-electron chi connectivity index (χ3n) is 3.05. The number of rotatable bonds is 5. The van der Waals surface area contributed by atoms with E-state index in [1.54, 1.807) is 36.4 Å². The molecule has 0 spiro atoms. The maximum Gasteiger partial charge on any atom is 0.255 e. The molecule has 0 atom stereocenters. The lowest BCUT2D eigenvalue weighted by Gasteiger charge is -2.09. The van der Waals surface area contributed by atoms with Gasteiger partial charge in [0.05, 0.1) is 24.3 Å². The monoisotopic (exact) mass is 294 g/mol. The van der Waals surface area contributed by atoms with Gasteiger partial charge in [0, 0.05) is 11.3 Å². The number of carbonyl (C=O) groups excluding carboxylic acids is 1. The smallest absolute Gasteiger partial charge is 0.255 e. The van der Waals surface area contributed by atoms with Crippen molar-refractivity contribution in [2.45, 2.75) is 26.6 Å². The van der Waals surface area contributed by atoms with Crippen LogP contribution in [0.5, 0.6) is 0 Å². The zero-order valence-corrected chi connectivity index (χ0v) is 12.7. The lowest BCUT2D eigenvalue weighted by molar-refractivity contribution is 0.0657. The highest BCUT2D eigenvalue weighted by Gasteiger charge is 2.06. The van der Waals surface area contributed by atoms with Crippen molar-refractivity contribution in [3.8, 4) is 6.07 Å². The largest absolute Gasteiger partial charge is 0.374 e. The second-order valence-corrected chi connectivity index (χ2v) is 5.20. The predicted molar refractivity (Wildman–Crippen MR) is 85.5 cm³/mol. The number of nitriles is 1. The minimum Gasteiger partial charge on any atom is -0.374 e. The summed E-state index contributed by atoms with van der Waals surface area (Å²) < 4.78 is 5.52. The SMILES string of the molecule is CC(C)OCc1ccc(C(=O)Nc2cccc(C#N)c2)cc1. The zero-order valence-electron chi connectivity index (χ0n) is 12.7. The number of hydrogen-bond acceptors (Lipinski definition) is 3. The first-order chi connectivity index (χ1) is 10.6. The second kappa shape index (κ2) is 7.39. The Labute approximate surface area is 130 Å². The van der Waals surface area contributed by atoms with Crippen LogP contribution in [0, 0.1) is 11.3 Å². The maximum atomic E-state index is 12.2. The van der Waals surface area contributed by atoms with Crippen LogP contribution in [0.4, 0.5) is 5.69 Å². The average Bonchev–Trinajstić information content (AvgIpc) is 2.53. The van der Waals surface area contributed by atoms with Crippen molar-refractivity contribution in [1.29, 1.82) is 5.26 Å². The van der Waals surface area contributed by atoms with E-state index in [1.165, 1.54) is 0 Å². The highest BCUT2D eigenvalue weighted by molar-refractivity contribution is 6.04. The summed E-state index contributed by atoms with van der Waals surface area (Å²) >= 11 is 0. The number of nitrogens with zero attached hydrogens (tertiary/aromatic N) is 1. The van der Waals surface area contributed by atoms with Gasteiger partial charge >= 0.3 is 0 Å². The molecule has 0 saturated carbocycles.